The molecule has 16 heavy (non-hydrogen) atoms. The predicted octanol–water partition coefficient (Wildman–Crippen LogP) is 1.05. The molecule has 0 heterocycles. The number of hydrogen-bond acceptors (Lipinski definition) is 4. The lowest BCUT2D eigenvalue weighted by Crippen LogP contribution is -2.24. The molecule has 88 valence electrons. The molecule has 5 heteroatoms. The van der Waals surface area contributed by atoms with E-state index in [0.717, 1.165) is 0 Å². The molecule has 1 aromatic carbocycles. The van der Waals surface area contributed by atoms with Crippen molar-refractivity contribution in [2.75, 3.05) is 0 Å². The van der Waals surface area contributed by atoms with Crippen molar-refractivity contribution in [1.29, 1.82) is 0 Å². The average molecular weight is 240 g/mol. The van der Waals surface area contributed by atoms with E-state index in [2.05, 4.69) is 0 Å². The number of benzene rings is 1. The van der Waals surface area contributed by atoms with Crippen LogP contribution in [0.3, 0.4) is 0 Å². The van der Waals surface area contributed by atoms with Crippen molar-refractivity contribution in [3.8, 4) is 0 Å². The molecule has 4 N–H and O–H groups in total. The van der Waals surface area contributed by atoms with Crippen LogP contribution in [-0.2, 0) is 9.84 Å². The highest BCUT2D eigenvalue weighted by atomic mass is 32.2. The van der Waals surface area contributed by atoms with Gasteiger partial charge in [-0.1, -0.05) is 30.3 Å². The summed E-state index contributed by atoms with van der Waals surface area (Å²) < 4.78 is 23.6. The fourth-order valence-corrected chi connectivity index (χ4v) is 2.10. The molecule has 4 nitrogen and oxygen atoms in total. The maximum atomic E-state index is 11.8. The zero-order valence-corrected chi connectivity index (χ0v) is 10.2. The highest BCUT2D eigenvalue weighted by Gasteiger charge is 2.22. The van der Waals surface area contributed by atoms with Gasteiger partial charge in [0.05, 0.1) is 10.9 Å². The predicted molar refractivity (Wildman–Crippen MR) is 65.8 cm³/mol. The van der Waals surface area contributed by atoms with Gasteiger partial charge in [0.2, 0.25) is 0 Å². The lowest BCUT2D eigenvalue weighted by Gasteiger charge is -2.11. The Bertz CT molecular complexity index is 490. The van der Waals surface area contributed by atoms with Gasteiger partial charge in [-0.25, -0.2) is 8.42 Å². The Kier molecular flexibility index (Phi) is 3.59. The molecule has 0 aliphatic rings. The summed E-state index contributed by atoms with van der Waals surface area (Å²) in [5, 5.41) is -0.830. The smallest absolute Gasteiger partial charge is 0.197 e. The summed E-state index contributed by atoms with van der Waals surface area (Å²) >= 11 is 0. The lowest BCUT2D eigenvalue weighted by molar-refractivity contribution is 0.593. The van der Waals surface area contributed by atoms with E-state index < -0.39 is 15.1 Å². The molecular formula is C11H16N2O2S. The first-order chi connectivity index (χ1) is 7.37. The molecule has 0 fully saturated rings. The van der Waals surface area contributed by atoms with E-state index in [9.17, 15) is 8.42 Å². The van der Waals surface area contributed by atoms with Crippen LogP contribution in [0.15, 0.2) is 35.4 Å². The molecule has 0 atom stereocenters. The summed E-state index contributed by atoms with van der Waals surface area (Å²) in [6.45, 7) is 3.14. The Labute approximate surface area is 95.9 Å². The van der Waals surface area contributed by atoms with Crippen molar-refractivity contribution >= 4 is 15.5 Å². The first-order valence-corrected chi connectivity index (χ1v) is 6.46. The number of sulfone groups is 1. The second kappa shape index (κ2) is 4.57. The Morgan fingerprint density at radius 3 is 2.06 bits per heavy atom. The molecule has 1 rings (SSSR count). The third-order valence-corrected chi connectivity index (χ3v) is 4.35. The number of hydrogen-bond donors (Lipinski definition) is 2. The van der Waals surface area contributed by atoms with Crippen LogP contribution in [0, 0.1) is 0 Å². The van der Waals surface area contributed by atoms with E-state index in [0.29, 0.717) is 5.56 Å². The molecule has 0 bridgehead atoms. The molecule has 0 aromatic heterocycles. The average Bonchev–Trinajstić information content (AvgIpc) is 2.28. The van der Waals surface area contributed by atoms with E-state index in [1.807, 2.05) is 6.07 Å². The quantitative estimate of drug-likeness (QED) is 0.827. The van der Waals surface area contributed by atoms with Crippen LogP contribution in [-0.4, -0.2) is 13.7 Å². The zero-order valence-electron chi connectivity index (χ0n) is 9.34. The molecular weight excluding hydrogens is 224 g/mol. The Balaban J connectivity index is 3.27. The molecule has 0 saturated carbocycles. The number of nitrogens with two attached hydrogens (primary N) is 2. The second-order valence-electron chi connectivity index (χ2n) is 3.74. The maximum absolute atomic E-state index is 11.8. The SMILES string of the molecule is CC(C)S(=O)(=O)/C(N)=C(/N)c1ccccc1. The fraction of sp³-hybridized carbons (Fsp3) is 0.273. The molecule has 0 spiro atoms. The lowest BCUT2D eigenvalue weighted by atomic mass is 10.2. The van der Waals surface area contributed by atoms with Crippen molar-refractivity contribution in [2.45, 2.75) is 19.1 Å². The van der Waals surface area contributed by atoms with Crippen LogP contribution in [0.25, 0.3) is 5.70 Å². The van der Waals surface area contributed by atoms with Crippen molar-refractivity contribution in [1.82, 2.24) is 0 Å². The van der Waals surface area contributed by atoms with Gasteiger partial charge in [-0.3, -0.25) is 0 Å². The van der Waals surface area contributed by atoms with E-state index in [4.69, 9.17) is 11.5 Å². The largest absolute Gasteiger partial charge is 0.396 e. The van der Waals surface area contributed by atoms with Gasteiger partial charge >= 0.3 is 0 Å². The number of rotatable bonds is 3. The van der Waals surface area contributed by atoms with Gasteiger partial charge in [-0.2, -0.15) is 0 Å². The van der Waals surface area contributed by atoms with Crippen molar-refractivity contribution in [3.05, 3.63) is 40.9 Å². The monoisotopic (exact) mass is 240 g/mol. The zero-order chi connectivity index (χ0) is 12.3. The van der Waals surface area contributed by atoms with E-state index in [1.54, 1.807) is 38.1 Å². The summed E-state index contributed by atoms with van der Waals surface area (Å²) in [4.78, 5) is 0. The normalized spacial score (nSPS) is 13.7. The third-order valence-electron chi connectivity index (χ3n) is 2.28. The summed E-state index contributed by atoms with van der Waals surface area (Å²) in [5.74, 6) is 0. The van der Waals surface area contributed by atoms with Crippen LogP contribution < -0.4 is 11.5 Å². The van der Waals surface area contributed by atoms with Gasteiger partial charge in [0.15, 0.2) is 9.84 Å². The highest BCUT2D eigenvalue weighted by molar-refractivity contribution is 7.95. The van der Waals surface area contributed by atoms with Crippen LogP contribution in [0.2, 0.25) is 0 Å². The van der Waals surface area contributed by atoms with Gasteiger partial charge in [-0.15, -0.1) is 0 Å². The van der Waals surface area contributed by atoms with Gasteiger partial charge in [0.1, 0.15) is 5.03 Å². The third kappa shape index (κ3) is 2.36. The minimum Gasteiger partial charge on any atom is -0.396 e. The molecule has 0 unspecified atom stereocenters. The Morgan fingerprint density at radius 2 is 1.62 bits per heavy atom. The molecule has 0 amide bonds. The molecule has 0 radical (unpaired) electrons. The van der Waals surface area contributed by atoms with E-state index in [1.165, 1.54) is 0 Å². The molecule has 0 saturated heterocycles. The summed E-state index contributed by atoms with van der Waals surface area (Å²) in [7, 11) is -3.49. The van der Waals surface area contributed by atoms with E-state index >= 15 is 0 Å². The Morgan fingerprint density at radius 1 is 1.12 bits per heavy atom. The van der Waals surface area contributed by atoms with Crippen molar-refractivity contribution in [3.63, 3.8) is 0 Å². The van der Waals surface area contributed by atoms with Crippen LogP contribution in [0.1, 0.15) is 19.4 Å². The second-order valence-corrected chi connectivity index (χ2v) is 6.21. The van der Waals surface area contributed by atoms with Gasteiger partial charge < -0.3 is 11.5 Å². The molecule has 0 aliphatic carbocycles. The summed E-state index contributed by atoms with van der Waals surface area (Å²) in [6, 6.07) is 8.81. The Hall–Kier alpha value is -1.49. The standard InChI is InChI=1S/C11H16N2O2S/c1-8(2)16(14,15)11(13)10(12)9-6-4-3-5-7-9/h3-8H,12-13H2,1-2H3/b11-10+. The van der Waals surface area contributed by atoms with Crippen LogP contribution >= 0.6 is 0 Å². The summed E-state index contributed by atoms with van der Waals surface area (Å²) in [5.41, 5.74) is 12.1. The van der Waals surface area contributed by atoms with Crippen LogP contribution in [0.4, 0.5) is 0 Å². The minimum absolute atomic E-state index is 0.106. The van der Waals surface area contributed by atoms with E-state index in [-0.39, 0.29) is 10.7 Å². The van der Waals surface area contributed by atoms with Gasteiger partial charge in [0, 0.05) is 5.56 Å². The highest BCUT2D eigenvalue weighted by Crippen LogP contribution is 2.17. The van der Waals surface area contributed by atoms with Crippen molar-refractivity contribution < 1.29 is 8.42 Å². The first-order valence-electron chi connectivity index (χ1n) is 4.92. The minimum atomic E-state index is -3.49. The summed E-state index contributed by atoms with van der Waals surface area (Å²) in [6.07, 6.45) is 0. The molecule has 0 aliphatic heterocycles. The topological polar surface area (TPSA) is 86.2 Å². The van der Waals surface area contributed by atoms with Gasteiger partial charge in [0.25, 0.3) is 0 Å². The molecule has 1 aromatic rings. The van der Waals surface area contributed by atoms with Gasteiger partial charge in [-0.05, 0) is 13.8 Å². The fourth-order valence-electron chi connectivity index (χ4n) is 1.17. The van der Waals surface area contributed by atoms with Crippen LogP contribution in [0.5, 0.6) is 0 Å². The van der Waals surface area contributed by atoms with Crippen molar-refractivity contribution in [2.24, 2.45) is 11.5 Å². The first kappa shape index (κ1) is 12.6. The maximum Gasteiger partial charge on any atom is 0.197 e.